The van der Waals surface area contributed by atoms with Gasteiger partial charge in [0.2, 0.25) is 0 Å². The molecule has 0 heterocycles. The summed E-state index contributed by atoms with van der Waals surface area (Å²) in [6, 6.07) is 18.5. The van der Waals surface area contributed by atoms with E-state index in [2.05, 4.69) is 22.3 Å². The number of amides is 1. The molecule has 0 bridgehead atoms. The Morgan fingerprint density at radius 3 is 2.29 bits per heavy atom. The van der Waals surface area contributed by atoms with Crippen LogP contribution in [0.5, 0.6) is 0 Å². The van der Waals surface area contributed by atoms with Crippen molar-refractivity contribution in [2.75, 3.05) is 11.9 Å². The second-order valence-electron chi connectivity index (χ2n) is 7.12. The molecule has 2 aromatic rings. The number of rotatable bonds is 7. The Bertz CT molecular complexity index is 688. The maximum atomic E-state index is 12.3. The van der Waals surface area contributed by atoms with Gasteiger partial charge in [0, 0.05) is 30.4 Å². The van der Waals surface area contributed by atoms with Gasteiger partial charge in [0.05, 0.1) is 0 Å². The highest BCUT2D eigenvalue weighted by Gasteiger charge is 2.33. The third kappa shape index (κ3) is 4.04. The molecule has 0 atom stereocenters. The Kier molecular flexibility index (Phi) is 4.35. The van der Waals surface area contributed by atoms with Crippen LogP contribution < -0.4 is 5.32 Å². The molecule has 2 aliphatic carbocycles. The molecule has 0 radical (unpaired) electrons. The van der Waals surface area contributed by atoms with Gasteiger partial charge in [0.25, 0.3) is 5.91 Å². The SMILES string of the molecule is O=C(Nc1ccccc1)c1ccc(CN(CC2CC2)C2CC2)cc1. The van der Waals surface area contributed by atoms with Crippen molar-refractivity contribution in [2.24, 2.45) is 5.92 Å². The third-order valence-electron chi connectivity index (χ3n) is 4.89. The van der Waals surface area contributed by atoms with Gasteiger partial charge in [0.15, 0.2) is 0 Å². The summed E-state index contributed by atoms with van der Waals surface area (Å²) >= 11 is 0. The van der Waals surface area contributed by atoms with Crippen LogP contribution >= 0.6 is 0 Å². The largest absolute Gasteiger partial charge is 0.322 e. The Hall–Kier alpha value is -2.13. The first-order chi connectivity index (χ1) is 11.8. The van der Waals surface area contributed by atoms with E-state index in [4.69, 9.17) is 0 Å². The molecule has 1 amide bonds. The summed E-state index contributed by atoms with van der Waals surface area (Å²) in [7, 11) is 0. The van der Waals surface area contributed by atoms with Crippen LogP contribution in [-0.2, 0) is 6.54 Å². The Morgan fingerprint density at radius 2 is 1.67 bits per heavy atom. The van der Waals surface area contributed by atoms with Gasteiger partial charge < -0.3 is 5.32 Å². The van der Waals surface area contributed by atoms with E-state index in [-0.39, 0.29) is 5.91 Å². The number of carbonyl (C=O) groups is 1. The summed E-state index contributed by atoms with van der Waals surface area (Å²) in [6.45, 7) is 2.27. The van der Waals surface area contributed by atoms with Gasteiger partial charge in [-0.25, -0.2) is 0 Å². The monoisotopic (exact) mass is 320 g/mol. The minimum Gasteiger partial charge on any atom is -0.322 e. The Labute approximate surface area is 143 Å². The number of anilines is 1. The van der Waals surface area contributed by atoms with Crippen molar-refractivity contribution in [1.82, 2.24) is 4.90 Å². The zero-order chi connectivity index (χ0) is 16.4. The van der Waals surface area contributed by atoms with E-state index >= 15 is 0 Å². The molecule has 124 valence electrons. The lowest BCUT2D eigenvalue weighted by Crippen LogP contribution is -2.27. The van der Waals surface area contributed by atoms with Gasteiger partial charge >= 0.3 is 0 Å². The fourth-order valence-electron chi connectivity index (χ4n) is 3.14. The van der Waals surface area contributed by atoms with Crippen LogP contribution in [0.1, 0.15) is 41.6 Å². The topological polar surface area (TPSA) is 32.3 Å². The van der Waals surface area contributed by atoms with Gasteiger partial charge in [-0.15, -0.1) is 0 Å². The van der Waals surface area contributed by atoms with Crippen LogP contribution in [0.15, 0.2) is 54.6 Å². The van der Waals surface area contributed by atoms with E-state index in [0.717, 1.165) is 24.2 Å². The highest BCUT2D eigenvalue weighted by molar-refractivity contribution is 6.04. The predicted octanol–water partition coefficient (Wildman–Crippen LogP) is 4.31. The van der Waals surface area contributed by atoms with Crippen molar-refractivity contribution in [3.8, 4) is 0 Å². The molecule has 4 rings (SSSR count). The predicted molar refractivity (Wildman–Crippen MR) is 97.0 cm³/mol. The van der Waals surface area contributed by atoms with Gasteiger partial charge in [-0.05, 0) is 61.4 Å². The fourth-order valence-corrected chi connectivity index (χ4v) is 3.14. The lowest BCUT2D eigenvalue weighted by Gasteiger charge is -2.22. The minimum atomic E-state index is -0.0511. The first-order valence-electron chi connectivity index (χ1n) is 8.97. The zero-order valence-electron chi connectivity index (χ0n) is 13.9. The number of para-hydroxylation sites is 1. The van der Waals surface area contributed by atoms with Crippen LogP contribution in [0, 0.1) is 5.92 Å². The van der Waals surface area contributed by atoms with E-state index in [9.17, 15) is 4.79 Å². The molecular formula is C21H24N2O. The molecule has 2 aromatic carbocycles. The minimum absolute atomic E-state index is 0.0511. The number of benzene rings is 2. The maximum Gasteiger partial charge on any atom is 0.255 e. The average Bonchev–Trinajstić information content (AvgIpc) is 3.49. The molecule has 0 aromatic heterocycles. The molecule has 2 saturated carbocycles. The summed E-state index contributed by atoms with van der Waals surface area (Å²) in [5, 5.41) is 2.93. The van der Waals surface area contributed by atoms with Crippen molar-refractivity contribution in [3.63, 3.8) is 0 Å². The zero-order valence-corrected chi connectivity index (χ0v) is 13.9. The summed E-state index contributed by atoms with van der Waals surface area (Å²) in [5.41, 5.74) is 2.84. The van der Waals surface area contributed by atoms with Crippen LogP contribution in [0.4, 0.5) is 5.69 Å². The smallest absolute Gasteiger partial charge is 0.255 e. The molecule has 3 heteroatoms. The lowest BCUT2D eigenvalue weighted by molar-refractivity contribution is 0.102. The van der Waals surface area contributed by atoms with E-state index in [1.165, 1.54) is 37.8 Å². The van der Waals surface area contributed by atoms with Crippen LogP contribution in [0.3, 0.4) is 0 Å². The first-order valence-corrected chi connectivity index (χ1v) is 8.97. The molecule has 3 nitrogen and oxygen atoms in total. The van der Waals surface area contributed by atoms with Crippen LogP contribution in [0.25, 0.3) is 0 Å². The molecular weight excluding hydrogens is 296 g/mol. The maximum absolute atomic E-state index is 12.3. The van der Waals surface area contributed by atoms with Crippen molar-refractivity contribution in [1.29, 1.82) is 0 Å². The van der Waals surface area contributed by atoms with E-state index in [1.54, 1.807) is 0 Å². The number of nitrogens with one attached hydrogen (secondary N) is 1. The fraction of sp³-hybridized carbons (Fsp3) is 0.381. The molecule has 0 unspecified atom stereocenters. The van der Waals surface area contributed by atoms with Gasteiger partial charge in [-0.3, -0.25) is 9.69 Å². The van der Waals surface area contributed by atoms with Crippen molar-refractivity contribution < 1.29 is 4.79 Å². The number of hydrogen-bond donors (Lipinski definition) is 1. The van der Waals surface area contributed by atoms with Crippen molar-refractivity contribution >= 4 is 11.6 Å². The normalized spacial score (nSPS) is 17.0. The Morgan fingerprint density at radius 1 is 0.958 bits per heavy atom. The second kappa shape index (κ2) is 6.78. The Balaban J connectivity index is 1.37. The number of nitrogens with zero attached hydrogens (tertiary/aromatic N) is 1. The summed E-state index contributed by atoms with van der Waals surface area (Å²) in [4.78, 5) is 14.9. The highest BCUT2D eigenvalue weighted by atomic mass is 16.1. The summed E-state index contributed by atoms with van der Waals surface area (Å²) in [6.07, 6.45) is 5.51. The number of carbonyl (C=O) groups excluding carboxylic acids is 1. The van der Waals surface area contributed by atoms with Crippen LogP contribution in [-0.4, -0.2) is 23.4 Å². The molecule has 24 heavy (non-hydrogen) atoms. The third-order valence-corrected chi connectivity index (χ3v) is 4.89. The van der Waals surface area contributed by atoms with Gasteiger partial charge in [0.1, 0.15) is 0 Å². The molecule has 1 N–H and O–H groups in total. The first kappa shape index (κ1) is 15.4. The van der Waals surface area contributed by atoms with E-state index < -0.39 is 0 Å². The molecule has 2 fully saturated rings. The molecule has 2 aliphatic rings. The van der Waals surface area contributed by atoms with Crippen molar-refractivity contribution in [3.05, 3.63) is 65.7 Å². The quantitative estimate of drug-likeness (QED) is 0.824. The summed E-state index contributed by atoms with van der Waals surface area (Å²) < 4.78 is 0. The average molecular weight is 320 g/mol. The standard InChI is InChI=1S/C21H24N2O/c24-21(22-19-4-2-1-3-5-19)18-10-8-17(9-11-18)15-23(20-12-13-20)14-16-6-7-16/h1-5,8-11,16,20H,6-7,12-15H2,(H,22,24). The summed E-state index contributed by atoms with van der Waals surface area (Å²) in [5.74, 6) is 0.881. The van der Waals surface area contributed by atoms with Crippen LogP contribution in [0.2, 0.25) is 0 Å². The van der Waals surface area contributed by atoms with E-state index in [0.29, 0.717) is 5.56 Å². The molecule has 0 saturated heterocycles. The van der Waals surface area contributed by atoms with Gasteiger partial charge in [-0.1, -0.05) is 30.3 Å². The highest BCUT2D eigenvalue weighted by Crippen LogP contribution is 2.35. The molecule has 0 aliphatic heterocycles. The van der Waals surface area contributed by atoms with E-state index in [1.807, 2.05) is 42.5 Å². The van der Waals surface area contributed by atoms with Gasteiger partial charge in [-0.2, -0.15) is 0 Å². The molecule has 0 spiro atoms. The number of hydrogen-bond acceptors (Lipinski definition) is 2. The lowest BCUT2D eigenvalue weighted by atomic mass is 10.1. The second-order valence-corrected chi connectivity index (χ2v) is 7.12. The van der Waals surface area contributed by atoms with Crippen molar-refractivity contribution in [2.45, 2.75) is 38.3 Å².